The molecule has 3 nitrogen and oxygen atoms in total. The molecule has 0 atom stereocenters. The number of benzene rings is 1. The summed E-state index contributed by atoms with van der Waals surface area (Å²) in [4.78, 5) is 0. The summed E-state index contributed by atoms with van der Waals surface area (Å²) < 4.78 is 5.13. The molecule has 0 aliphatic carbocycles. The van der Waals surface area contributed by atoms with Gasteiger partial charge in [0.05, 0.1) is 7.11 Å². The highest BCUT2D eigenvalue weighted by atomic mass is 16.5. The first-order valence-electron chi connectivity index (χ1n) is 4.34. The highest BCUT2D eigenvalue weighted by molar-refractivity contribution is 5.34. The van der Waals surface area contributed by atoms with Gasteiger partial charge in [-0.1, -0.05) is 13.0 Å². The zero-order chi connectivity index (χ0) is 9.68. The van der Waals surface area contributed by atoms with E-state index in [4.69, 9.17) is 9.94 Å². The molecule has 0 aromatic heterocycles. The molecule has 0 aliphatic heterocycles. The van der Waals surface area contributed by atoms with E-state index in [-0.39, 0.29) is 0 Å². The second kappa shape index (κ2) is 4.84. The predicted molar refractivity (Wildman–Crippen MR) is 51.0 cm³/mol. The summed E-state index contributed by atoms with van der Waals surface area (Å²) in [7, 11) is 1.64. The molecule has 0 aliphatic rings. The van der Waals surface area contributed by atoms with Crippen LogP contribution >= 0.6 is 0 Å². The number of aryl methyl sites for hydroxylation is 1. The molecule has 0 bridgehead atoms. The van der Waals surface area contributed by atoms with Gasteiger partial charge in [-0.3, -0.25) is 0 Å². The average molecular weight is 181 g/mol. The molecule has 1 rings (SSSR count). The minimum Gasteiger partial charge on any atom is -0.497 e. The van der Waals surface area contributed by atoms with Gasteiger partial charge in [0.1, 0.15) is 5.75 Å². The first-order valence-corrected chi connectivity index (χ1v) is 4.34. The molecule has 0 spiro atoms. The predicted octanol–water partition coefficient (Wildman–Crippen LogP) is 1.74. The van der Waals surface area contributed by atoms with Gasteiger partial charge in [-0.2, -0.15) is 0 Å². The maximum absolute atomic E-state index is 8.56. The van der Waals surface area contributed by atoms with E-state index in [1.54, 1.807) is 7.11 Å². The molecule has 0 unspecified atom stereocenters. The summed E-state index contributed by atoms with van der Waals surface area (Å²) in [5, 5.41) is 8.56. The zero-order valence-electron chi connectivity index (χ0n) is 8.00. The van der Waals surface area contributed by atoms with Crippen LogP contribution in [0.3, 0.4) is 0 Å². The van der Waals surface area contributed by atoms with Gasteiger partial charge in [0.2, 0.25) is 0 Å². The van der Waals surface area contributed by atoms with Gasteiger partial charge in [-0.25, -0.2) is 5.48 Å². The van der Waals surface area contributed by atoms with Crippen molar-refractivity contribution in [2.75, 3.05) is 7.11 Å². The van der Waals surface area contributed by atoms with E-state index >= 15 is 0 Å². The van der Waals surface area contributed by atoms with Crippen LogP contribution in [0.1, 0.15) is 18.1 Å². The summed E-state index contributed by atoms with van der Waals surface area (Å²) in [6, 6.07) is 5.95. The molecule has 2 N–H and O–H groups in total. The molecule has 0 heterocycles. The Morgan fingerprint density at radius 2 is 2.00 bits per heavy atom. The molecule has 1 aromatic carbocycles. The fourth-order valence-corrected chi connectivity index (χ4v) is 1.24. The molecule has 0 saturated heterocycles. The van der Waals surface area contributed by atoms with E-state index in [0.717, 1.165) is 17.7 Å². The molecule has 0 amide bonds. The fourth-order valence-electron chi connectivity index (χ4n) is 1.24. The van der Waals surface area contributed by atoms with Crippen LogP contribution in [0.15, 0.2) is 18.2 Å². The Hall–Kier alpha value is -1.06. The van der Waals surface area contributed by atoms with Crippen molar-refractivity contribution in [3.8, 4) is 5.75 Å². The number of hydroxylamine groups is 1. The minimum atomic E-state index is 0.449. The fraction of sp³-hybridized carbons (Fsp3) is 0.400. The largest absolute Gasteiger partial charge is 0.497 e. The van der Waals surface area contributed by atoms with Gasteiger partial charge in [0.15, 0.2) is 0 Å². The zero-order valence-corrected chi connectivity index (χ0v) is 8.00. The summed E-state index contributed by atoms with van der Waals surface area (Å²) in [6.45, 7) is 2.54. The van der Waals surface area contributed by atoms with Crippen LogP contribution in [0.4, 0.5) is 0 Å². The van der Waals surface area contributed by atoms with Crippen molar-refractivity contribution in [3.63, 3.8) is 0 Å². The van der Waals surface area contributed by atoms with E-state index in [2.05, 4.69) is 12.4 Å². The molecule has 1 aromatic rings. The third kappa shape index (κ3) is 2.72. The molecule has 72 valence electrons. The third-order valence-corrected chi connectivity index (χ3v) is 1.95. The number of nitrogens with one attached hydrogen (secondary N) is 1. The topological polar surface area (TPSA) is 41.5 Å². The smallest absolute Gasteiger partial charge is 0.119 e. The summed E-state index contributed by atoms with van der Waals surface area (Å²) in [5.41, 5.74) is 4.37. The second-order valence-electron chi connectivity index (χ2n) is 2.88. The van der Waals surface area contributed by atoms with Crippen molar-refractivity contribution in [2.45, 2.75) is 19.9 Å². The maximum atomic E-state index is 8.56. The van der Waals surface area contributed by atoms with Gasteiger partial charge in [-0.05, 0) is 29.7 Å². The van der Waals surface area contributed by atoms with Crippen molar-refractivity contribution >= 4 is 0 Å². The Kier molecular flexibility index (Phi) is 3.73. The number of rotatable bonds is 4. The lowest BCUT2D eigenvalue weighted by atomic mass is 10.1. The highest BCUT2D eigenvalue weighted by Gasteiger charge is 1.99. The van der Waals surface area contributed by atoms with Crippen LogP contribution in [-0.2, 0) is 13.0 Å². The van der Waals surface area contributed by atoms with Crippen LogP contribution in [-0.4, -0.2) is 12.3 Å². The van der Waals surface area contributed by atoms with Crippen LogP contribution in [0.5, 0.6) is 5.75 Å². The van der Waals surface area contributed by atoms with Crippen molar-refractivity contribution in [1.82, 2.24) is 5.48 Å². The number of hydrogen-bond donors (Lipinski definition) is 2. The standard InChI is InChI=1S/C10H15NO2/c1-3-8-4-9(7-11-12)6-10(5-8)13-2/h4-6,11-12H,3,7H2,1-2H3. The maximum Gasteiger partial charge on any atom is 0.119 e. The van der Waals surface area contributed by atoms with Crippen molar-refractivity contribution < 1.29 is 9.94 Å². The Morgan fingerprint density at radius 3 is 2.54 bits per heavy atom. The van der Waals surface area contributed by atoms with E-state index in [1.165, 1.54) is 5.56 Å². The second-order valence-corrected chi connectivity index (χ2v) is 2.88. The minimum absolute atomic E-state index is 0.449. The van der Waals surface area contributed by atoms with Crippen LogP contribution in [0, 0.1) is 0 Å². The van der Waals surface area contributed by atoms with Gasteiger partial charge in [-0.15, -0.1) is 0 Å². The lowest BCUT2D eigenvalue weighted by Gasteiger charge is -2.06. The van der Waals surface area contributed by atoms with E-state index in [9.17, 15) is 0 Å². The summed E-state index contributed by atoms with van der Waals surface area (Å²) >= 11 is 0. The lowest BCUT2D eigenvalue weighted by molar-refractivity contribution is 0.161. The number of hydrogen-bond acceptors (Lipinski definition) is 3. The summed E-state index contributed by atoms with van der Waals surface area (Å²) in [6.07, 6.45) is 0.968. The molecular formula is C10H15NO2. The highest BCUT2D eigenvalue weighted by Crippen LogP contribution is 2.17. The van der Waals surface area contributed by atoms with E-state index in [1.807, 2.05) is 18.2 Å². The van der Waals surface area contributed by atoms with Crippen LogP contribution < -0.4 is 10.2 Å². The first kappa shape index (κ1) is 10.0. The van der Waals surface area contributed by atoms with Gasteiger partial charge in [0, 0.05) is 6.54 Å². The van der Waals surface area contributed by atoms with Gasteiger partial charge < -0.3 is 9.94 Å². The SMILES string of the molecule is CCc1cc(CNO)cc(OC)c1. The van der Waals surface area contributed by atoms with Crippen LogP contribution in [0.2, 0.25) is 0 Å². The quantitative estimate of drug-likeness (QED) is 0.695. The number of ether oxygens (including phenoxy) is 1. The first-order chi connectivity index (χ1) is 6.30. The van der Waals surface area contributed by atoms with E-state index < -0.39 is 0 Å². The Morgan fingerprint density at radius 1 is 1.31 bits per heavy atom. The van der Waals surface area contributed by atoms with Crippen LogP contribution in [0.25, 0.3) is 0 Å². The molecule has 0 saturated carbocycles. The normalized spacial score (nSPS) is 10.1. The molecule has 3 heteroatoms. The van der Waals surface area contributed by atoms with Crippen molar-refractivity contribution in [1.29, 1.82) is 0 Å². The third-order valence-electron chi connectivity index (χ3n) is 1.95. The molecule has 0 fully saturated rings. The van der Waals surface area contributed by atoms with Crippen molar-refractivity contribution in [2.24, 2.45) is 0 Å². The van der Waals surface area contributed by atoms with Crippen molar-refractivity contribution in [3.05, 3.63) is 29.3 Å². The molecule has 0 radical (unpaired) electrons. The Balaban J connectivity index is 2.93. The van der Waals surface area contributed by atoms with Gasteiger partial charge >= 0.3 is 0 Å². The Labute approximate surface area is 78.3 Å². The average Bonchev–Trinajstić information content (AvgIpc) is 2.17. The monoisotopic (exact) mass is 181 g/mol. The van der Waals surface area contributed by atoms with E-state index in [0.29, 0.717) is 6.54 Å². The van der Waals surface area contributed by atoms with Gasteiger partial charge in [0.25, 0.3) is 0 Å². The lowest BCUT2D eigenvalue weighted by Crippen LogP contribution is -2.06. The molecular weight excluding hydrogens is 166 g/mol. The number of methoxy groups -OCH3 is 1. The Bertz CT molecular complexity index is 251. The molecule has 13 heavy (non-hydrogen) atoms. The summed E-state index contributed by atoms with van der Waals surface area (Å²) in [5.74, 6) is 0.838.